The zero-order valence-electron chi connectivity index (χ0n) is 10.5. The third-order valence-corrected chi connectivity index (χ3v) is 2.47. The molecule has 1 heterocycles. The first-order valence-corrected chi connectivity index (χ1v) is 5.64. The number of hydrogen-bond acceptors (Lipinski definition) is 5. The van der Waals surface area contributed by atoms with Crippen molar-refractivity contribution >= 4 is 11.4 Å². The van der Waals surface area contributed by atoms with Crippen LogP contribution in [0.2, 0.25) is 0 Å². The van der Waals surface area contributed by atoms with Gasteiger partial charge >= 0.3 is 0 Å². The molecule has 0 spiro atoms. The zero-order chi connectivity index (χ0) is 13.0. The van der Waals surface area contributed by atoms with Crippen molar-refractivity contribution in [2.75, 3.05) is 18.2 Å². The molecule has 0 saturated carbocycles. The Hall–Kier alpha value is -2.30. The van der Waals surface area contributed by atoms with E-state index in [2.05, 4.69) is 15.3 Å². The standard InChI is InChI=1S/C13H16N4O/c1-9-15-4-3-11(17-9)8-16-12-5-10(14)6-13(7-12)18-2/h3-7,16H,8,14H2,1-2H3. The number of ether oxygens (including phenoxy) is 1. The van der Waals surface area contributed by atoms with Gasteiger partial charge in [-0.05, 0) is 19.1 Å². The number of aromatic nitrogens is 2. The van der Waals surface area contributed by atoms with Crippen molar-refractivity contribution < 1.29 is 4.74 Å². The van der Waals surface area contributed by atoms with Gasteiger partial charge < -0.3 is 15.8 Å². The van der Waals surface area contributed by atoms with Crippen molar-refractivity contribution in [3.63, 3.8) is 0 Å². The zero-order valence-corrected chi connectivity index (χ0v) is 10.5. The number of aryl methyl sites for hydroxylation is 1. The van der Waals surface area contributed by atoms with Gasteiger partial charge in [0.1, 0.15) is 11.6 Å². The van der Waals surface area contributed by atoms with Crippen molar-refractivity contribution in [3.05, 3.63) is 42.0 Å². The summed E-state index contributed by atoms with van der Waals surface area (Å²) in [6, 6.07) is 7.41. The van der Waals surface area contributed by atoms with E-state index in [-0.39, 0.29) is 0 Å². The molecule has 5 heteroatoms. The van der Waals surface area contributed by atoms with E-state index in [0.29, 0.717) is 12.2 Å². The van der Waals surface area contributed by atoms with Gasteiger partial charge in [0.15, 0.2) is 0 Å². The largest absolute Gasteiger partial charge is 0.497 e. The van der Waals surface area contributed by atoms with Crippen LogP contribution in [0, 0.1) is 6.92 Å². The Morgan fingerprint density at radius 3 is 2.89 bits per heavy atom. The molecular weight excluding hydrogens is 228 g/mol. The summed E-state index contributed by atoms with van der Waals surface area (Å²) < 4.78 is 5.16. The van der Waals surface area contributed by atoms with E-state index in [9.17, 15) is 0 Å². The average Bonchev–Trinajstić information content (AvgIpc) is 2.36. The van der Waals surface area contributed by atoms with Gasteiger partial charge in [0.05, 0.1) is 19.3 Å². The van der Waals surface area contributed by atoms with Crippen LogP contribution in [0.15, 0.2) is 30.5 Å². The number of nitrogens with zero attached hydrogens (tertiary/aromatic N) is 2. The molecule has 0 aliphatic carbocycles. The van der Waals surface area contributed by atoms with Crippen LogP contribution < -0.4 is 15.8 Å². The maximum atomic E-state index is 5.78. The van der Waals surface area contributed by atoms with Gasteiger partial charge in [-0.25, -0.2) is 9.97 Å². The highest BCUT2D eigenvalue weighted by Gasteiger charge is 2.00. The second-order valence-corrected chi connectivity index (χ2v) is 3.94. The lowest BCUT2D eigenvalue weighted by Crippen LogP contribution is -2.03. The van der Waals surface area contributed by atoms with E-state index in [1.807, 2.05) is 25.1 Å². The van der Waals surface area contributed by atoms with Crippen molar-refractivity contribution in [2.24, 2.45) is 0 Å². The molecular formula is C13H16N4O. The van der Waals surface area contributed by atoms with Gasteiger partial charge in [-0.15, -0.1) is 0 Å². The minimum absolute atomic E-state index is 0.621. The summed E-state index contributed by atoms with van der Waals surface area (Å²) in [5, 5.41) is 3.25. The number of methoxy groups -OCH3 is 1. The smallest absolute Gasteiger partial charge is 0.125 e. The molecule has 2 rings (SSSR count). The fraction of sp³-hybridized carbons (Fsp3) is 0.231. The summed E-state index contributed by atoms with van der Waals surface area (Å²) in [5.41, 5.74) is 8.28. The fourth-order valence-corrected chi connectivity index (χ4v) is 1.64. The molecule has 0 bridgehead atoms. The van der Waals surface area contributed by atoms with Crippen LogP contribution in [0.25, 0.3) is 0 Å². The molecule has 0 fully saturated rings. The molecule has 3 N–H and O–H groups in total. The number of benzene rings is 1. The summed E-state index contributed by atoms with van der Waals surface area (Å²) in [6.07, 6.45) is 1.75. The van der Waals surface area contributed by atoms with Crippen LogP contribution in [0.1, 0.15) is 11.5 Å². The van der Waals surface area contributed by atoms with E-state index in [0.717, 1.165) is 23.0 Å². The predicted octanol–water partition coefficient (Wildman–Crippen LogP) is 1.99. The van der Waals surface area contributed by atoms with E-state index < -0.39 is 0 Å². The Balaban J connectivity index is 2.08. The molecule has 18 heavy (non-hydrogen) atoms. The highest BCUT2D eigenvalue weighted by atomic mass is 16.5. The molecule has 0 aliphatic heterocycles. The van der Waals surface area contributed by atoms with Crippen molar-refractivity contribution in [3.8, 4) is 5.75 Å². The first kappa shape index (κ1) is 12.2. The highest BCUT2D eigenvalue weighted by molar-refractivity contribution is 5.59. The molecule has 0 radical (unpaired) electrons. The van der Waals surface area contributed by atoms with Crippen molar-refractivity contribution in [1.82, 2.24) is 9.97 Å². The molecule has 0 saturated heterocycles. The first-order valence-electron chi connectivity index (χ1n) is 5.64. The van der Waals surface area contributed by atoms with Crippen LogP contribution in [0.3, 0.4) is 0 Å². The lowest BCUT2D eigenvalue weighted by molar-refractivity contribution is 0.415. The monoisotopic (exact) mass is 244 g/mol. The van der Waals surface area contributed by atoms with Gasteiger partial charge in [0.2, 0.25) is 0 Å². The van der Waals surface area contributed by atoms with Crippen LogP contribution in [0.5, 0.6) is 5.75 Å². The Bertz CT molecular complexity index is 542. The normalized spacial score (nSPS) is 10.1. The molecule has 1 aromatic carbocycles. The third-order valence-electron chi connectivity index (χ3n) is 2.47. The lowest BCUT2D eigenvalue weighted by Gasteiger charge is -2.09. The van der Waals surface area contributed by atoms with Gasteiger partial charge in [0.25, 0.3) is 0 Å². The average molecular weight is 244 g/mol. The van der Waals surface area contributed by atoms with E-state index in [1.165, 1.54) is 0 Å². The Kier molecular flexibility index (Phi) is 3.62. The highest BCUT2D eigenvalue weighted by Crippen LogP contribution is 2.22. The maximum Gasteiger partial charge on any atom is 0.125 e. The van der Waals surface area contributed by atoms with Crippen LogP contribution >= 0.6 is 0 Å². The van der Waals surface area contributed by atoms with Gasteiger partial charge in [0, 0.05) is 29.7 Å². The van der Waals surface area contributed by atoms with Gasteiger partial charge in [-0.3, -0.25) is 0 Å². The molecule has 1 aromatic heterocycles. The third kappa shape index (κ3) is 3.10. The number of nitrogens with two attached hydrogens (primary N) is 1. The molecule has 94 valence electrons. The minimum atomic E-state index is 0.621. The van der Waals surface area contributed by atoms with Crippen LogP contribution in [0.4, 0.5) is 11.4 Å². The van der Waals surface area contributed by atoms with E-state index in [1.54, 1.807) is 19.4 Å². The summed E-state index contributed by atoms with van der Waals surface area (Å²) in [6.45, 7) is 2.49. The molecule has 0 atom stereocenters. The number of hydrogen-bond donors (Lipinski definition) is 2. The quantitative estimate of drug-likeness (QED) is 0.805. The van der Waals surface area contributed by atoms with Crippen LogP contribution in [-0.2, 0) is 6.54 Å². The number of anilines is 2. The van der Waals surface area contributed by atoms with Gasteiger partial charge in [-0.1, -0.05) is 0 Å². The maximum absolute atomic E-state index is 5.78. The predicted molar refractivity (Wildman–Crippen MR) is 71.5 cm³/mol. The fourth-order valence-electron chi connectivity index (χ4n) is 1.64. The second kappa shape index (κ2) is 5.35. The Labute approximate surface area is 106 Å². The van der Waals surface area contributed by atoms with E-state index >= 15 is 0 Å². The first-order chi connectivity index (χ1) is 8.67. The van der Waals surface area contributed by atoms with Crippen molar-refractivity contribution in [1.29, 1.82) is 0 Å². The molecule has 0 amide bonds. The molecule has 5 nitrogen and oxygen atoms in total. The summed E-state index contributed by atoms with van der Waals surface area (Å²) >= 11 is 0. The Morgan fingerprint density at radius 1 is 1.33 bits per heavy atom. The molecule has 0 aliphatic rings. The molecule has 0 unspecified atom stereocenters. The number of rotatable bonds is 4. The number of nitrogen functional groups attached to an aromatic ring is 1. The summed E-state index contributed by atoms with van der Waals surface area (Å²) in [7, 11) is 1.62. The topological polar surface area (TPSA) is 73.1 Å². The summed E-state index contributed by atoms with van der Waals surface area (Å²) in [4.78, 5) is 8.37. The molecule has 2 aromatic rings. The van der Waals surface area contributed by atoms with Crippen molar-refractivity contribution in [2.45, 2.75) is 13.5 Å². The summed E-state index contributed by atoms with van der Waals surface area (Å²) in [5.74, 6) is 1.50. The Morgan fingerprint density at radius 2 is 2.17 bits per heavy atom. The lowest BCUT2D eigenvalue weighted by atomic mass is 10.2. The minimum Gasteiger partial charge on any atom is -0.497 e. The SMILES string of the molecule is COc1cc(N)cc(NCc2ccnc(C)n2)c1. The second-order valence-electron chi connectivity index (χ2n) is 3.94. The number of nitrogens with one attached hydrogen (secondary N) is 1. The van der Waals surface area contributed by atoms with Crippen LogP contribution in [-0.4, -0.2) is 17.1 Å². The van der Waals surface area contributed by atoms with Gasteiger partial charge in [-0.2, -0.15) is 0 Å². The van der Waals surface area contributed by atoms with E-state index in [4.69, 9.17) is 10.5 Å².